The number of nitrogens with one attached hydrogen (secondary N) is 1. The van der Waals surface area contributed by atoms with Crippen LogP contribution in [0.15, 0.2) is 59.2 Å². The Kier molecular flexibility index (Phi) is 9.06. The van der Waals surface area contributed by atoms with Crippen molar-refractivity contribution in [3.05, 3.63) is 76.2 Å². The number of ether oxygens (including phenoxy) is 3. The first-order valence-electron chi connectivity index (χ1n) is 12.8. The van der Waals surface area contributed by atoms with Crippen molar-refractivity contribution in [3.63, 3.8) is 0 Å². The molecule has 2 amide bonds. The zero-order valence-electron chi connectivity index (χ0n) is 22.6. The van der Waals surface area contributed by atoms with Crippen molar-refractivity contribution in [1.82, 2.24) is 14.9 Å². The Hall–Kier alpha value is -3.66. The fourth-order valence-corrected chi connectivity index (χ4v) is 4.54. The summed E-state index contributed by atoms with van der Waals surface area (Å²) in [6, 6.07) is 16.2. The lowest BCUT2D eigenvalue weighted by Gasteiger charge is -2.24. The van der Waals surface area contributed by atoms with E-state index in [1.54, 1.807) is 7.11 Å². The van der Waals surface area contributed by atoms with Gasteiger partial charge in [-0.05, 0) is 52.0 Å². The lowest BCUT2D eigenvalue weighted by atomic mass is 9.96. The van der Waals surface area contributed by atoms with Crippen LogP contribution in [-0.4, -0.2) is 46.6 Å². The maximum Gasteiger partial charge on any atom is 0.410 e. The molecule has 1 aliphatic rings. The molecule has 0 bridgehead atoms. The second-order valence-electron chi connectivity index (χ2n) is 10.3. The number of rotatable bonds is 8. The Labute approximate surface area is 237 Å². The van der Waals surface area contributed by atoms with Crippen molar-refractivity contribution in [3.8, 4) is 11.6 Å². The van der Waals surface area contributed by atoms with Crippen LogP contribution in [0.5, 0.6) is 11.6 Å². The van der Waals surface area contributed by atoms with Crippen molar-refractivity contribution in [2.75, 3.05) is 19.0 Å². The van der Waals surface area contributed by atoms with E-state index in [1.807, 2.05) is 75.4 Å². The summed E-state index contributed by atoms with van der Waals surface area (Å²) >= 11 is 3.50. The van der Waals surface area contributed by atoms with E-state index in [0.29, 0.717) is 35.5 Å². The van der Waals surface area contributed by atoms with E-state index in [2.05, 4.69) is 31.2 Å². The zero-order valence-corrected chi connectivity index (χ0v) is 24.2. The molecule has 0 spiro atoms. The van der Waals surface area contributed by atoms with Gasteiger partial charge in [0.15, 0.2) is 0 Å². The predicted molar refractivity (Wildman–Crippen MR) is 151 cm³/mol. The van der Waals surface area contributed by atoms with Gasteiger partial charge in [-0.3, -0.25) is 9.69 Å². The van der Waals surface area contributed by atoms with Crippen LogP contribution in [0.2, 0.25) is 0 Å². The fraction of sp³-hybridized carbons (Fsp3) is 0.379. The SMILES string of the molecule is COc1ccc(COc2nc(C(C)(C)C)nc(Br)c2NC(=O)C2CCCN2C(=O)OCc2ccccc2)cc1. The van der Waals surface area contributed by atoms with Gasteiger partial charge in [0.05, 0.1) is 7.11 Å². The molecule has 39 heavy (non-hydrogen) atoms. The fourth-order valence-electron chi connectivity index (χ4n) is 4.10. The van der Waals surface area contributed by atoms with Crippen LogP contribution in [-0.2, 0) is 28.2 Å². The molecule has 1 atom stereocenters. The van der Waals surface area contributed by atoms with Crippen LogP contribution in [0.25, 0.3) is 0 Å². The number of benzene rings is 2. The highest BCUT2D eigenvalue weighted by atomic mass is 79.9. The summed E-state index contributed by atoms with van der Waals surface area (Å²) in [4.78, 5) is 36.9. The Bertz CT molecular complexity index is 1300. The van der Waals surface area contributed by atoms with Gasteiger partial charge in [-0.15, -0.1) is 0 Å². The van der Waals surface area contributed by atoms with Gasteiger partial charge in [-0.1, -0.05) is 63.2 Å². The average molecular weight is 598 g/mol. The molecule has 3 aromatic rings. The summed E-state index contributed by atoms with van der Waals surface area (Å²) < 4.78 is 17.2. The van der Waals surface area contributed by atoms with Crippen LogP contribution >= 0.6 is 15.9 Å². The second-order valence-corrected chi connectivity index (χ2v) is 11.0. The summed E-state index contributed by atoms with van der Waals surface area (Å²) in [6.45, 7) is 6.79. The minimum atomic E-state index is -0.683. The molecule has 1 unspecified atom stereocenters. The molecular weight excluding hydrogens is 564 g/mol. The Balaban J connectivity index is 1.50. The minimum Gasteiger partial charge on any atom is -0.497 e. The quantitative estimate of drug-likeness (QED) is 0.325. The standard InChI is InChI=1S/C29H33BrN4O5/c1-29(2,3)27-32-24(30)23(26(33-27)38-17-20-12-14-21(37-4)15-13-20)31-25(35)22-11-8-16-34(22)28(36)39-18-19-9-6-5-7-10-19/h5-7,9-10,12-15,22H,8,11,16-18H2,1-4H3,(H,31,35). The van der Waals surface area contributed by atoms with E-state index in [4.69, 9.17) is 14.2 Å². The summed E-state index contributed by atoms with van der Waals surface area (Å²) in [5.74, 6) is 1.19. The Morgan fingerprint density at radius 3 is 2.38 bits per heavy atom. The molecule has 0 saturated carbocycles. The first kappa shape index (κ1) is 28.4. The number of nitrogens with zero attached hydrogens (tertiary/aromatic N) is 3. The first-order chi connectivity index (χ1) is 18.7. The molecule has 0 aliphatic carbocycles. The highest BCUT2D eigenvalue weighted by Gasteiger charge is 2.36. The topological polar surface area (TPSA) is 103 Å². The van der Waals surface area contributed by atoms with Gasteiger partial charge >= 0.3 is 6.09 Å². The van der Waals surface area contributed by atoms with Gasteiger partial charge in [0.1, 0.15) is 41.1 Å². The number of carbonyl (C=O) groups is 2. The van der Waals surface area contributed by atoms with Crippen LogP contribution in [0.3, 0.4) is 0 Å². The predicted octanol–water partition coefficient (Wildman–Crippen LogP) is 5.86. The zero-order chi connectivity index (χ0) is 28.0. The number of likely N-dealkylation sites (tertiary alicyclic amines) is 1. The Morgan fingerprint density at radius 2 is 1.72 bits per heavy atom. The number of amides is 2. The molecule has 1 aliphatic heterocycles. The second kappa shape index (κ2) is 12.5. The third-order valence-corrected chi connectivity index (χ3v) is 6.85. The lowest BCUT2D eigenvalue weighted by molar-refractivity contribution is -0.120. The molecule has 4 rings (SSSR count). The van der Waals surface area contributed by atoms with Crippen LogP contribution in [0.4, 0.5) is 10.5 Å². The third-order valence-electron chi connectivity index (χ3n) is 6.28. The van der Waals surface area contributed by atoms with E-state index in [0.717, 1.165) is 16.9 Å². The molecule has 1 fully saturated rings. The number of carbonyl (C=O) groups excluding carboxylic acids is 2. The van der Waals surface area contributed by atoms with E-state index in [9.17, 15) is 9.59 Å². The van der Waals surface area contributed by atoms with Crippen molar-refractivity contribution in [1.29, 1.82) is 0 Å². The molecule has 10 heteroatoms. The number of hydrogen-bond donors (Lipinski definition) is 1. The summed E-state index contributed by atoms with van der Waals surface area (Å²) in [5.41, 5.74) is 1.74. The van der Waals surface area contributed by atoms with Gasteiger partial charge < -0.3 is 19.5 Å². The molecular formula is C29H33BrN4O5. The maximum atomic E-state index is 13.4. The number of hydrogen-bond acceptors (Lipinski definition) is 7. The van der Waals surface area contributed by atoms with E-state index < -0.39 is 12.1 Å². The van der Waals surface area contributed by atoms with Gasteiger partial charge in [-0.25, -0.2) is 9.78 Å². The third kappa shape index (κ3) is 7.26. The van der Waals surface area contributed by atoms with Gasteiger partial charge in [0.2, 0.25) is 11.8 Å². The molecule has 2 heterocycles. The monoisotopic (exact) mass is 596 g/mol. The van der Waals surface area contributed by atoms with E-state index >= 15 is 0 Å². The Morgan fingerprint density at radius 1 is 1.03 bits per heavy atom. The molecule has 9 nitrogen and oxygen atoms in total. The largest absolute Gasteiger partial charge is 0.497 e. The number of aromatic nitrogens is 2. The number of anilines is 1. The average Bonchev–Trinajstić information content (AvgIpc) is 3.42. The molecule has 206 valence electrons. The molecule has 2 aromatic carbocycles. The normalized spacial score (nSPS) is 15.1. The molecule has 0 radical (unpaired) electrons. The van der Waals surface area contributed by atoms with Crippen LogP contribution < -0.4 is 14.8 Å². The molecule has 1 aromatic heterocycles. The first-order valence-corrected chi connectivity index (χ1v) is 13.6. The van der Waals surface area contributed by atoms with E-state index in [1.165, 1.54) is 4.90 Å². The summed E-state index contributed by atoms with van der Waals surface area (Å²) in [7, 11) is 1.61. The van der Waals surface area contributed by atoms with Crippen LogP contribution in [0, 0.1) is 0 Å². The van der Waals surface area contributed by atoms with Crippen molar-refractivity contribution in [2.45, 2.75) is 58.3 Å². The van der Waals surface area contributed by atoms with Crippen molar-refractivity contribution >= 4 is 33.6 Å². The molecule has 1 saturated heterocycles. The van der Waals surface area contributed by atoms with Gasteiger partial charge in [-0.2, -0.15) is 4.98 Å². The van der Waals surface area contributed by atoms with Gasteiger partial charge in [0, 0.05) is 12.0 Å². The van der Waals surface area contributed by atoms with Crippen LogP contribution in [0.1, 0.15) is 50.6 Å². The minimum absolute atomic E-state index is 0.140. The van der Waals surface area contributed by atoms with Crippen molar-refractivity contribution in [2.24, 2.45) is 0 Å². The summed E-state index contributed by atoms with van der Waals surface area (Å²) in [6.07, 6.45) is 0.693. The summed E-state index contributed by atoms with van der Waals surface area (Å²) in [5, 5.41) is 2.91. The number of halogens is 1. The smallest absolute Gasteiger partial charge is 0.410 e. The highest BCUT2D eigenvalue weighted by molar-refractivity contribution is 9.10. The maximum absolute atomic E-state index is 13.4. The highest BCUT2D eigenvalue weighted by Crippen LogP contribution is 2.34. The lowest BCUT2D eigenvalue weighted by Crippen LogP contribution is -2.43. The van der Waals surface area contributed by atoms with E-state index in [-0.39, 0.29) is 30.4 Å². The van der Waals surface area contributed by atoms with Gasteiger partial charge in [0.25, 0.3) is 0 Å². The van der Waals surface area contributed by atoms with Crippen molar-refractivity contribution < 1.29 is 23.8 Å². The number of methoxy groups -OCH3 is 1. The molecule has 1 N–H and O–H groups in total.